The second kappa shape index (κ2) is 5.83. The molecular weight excluding hydrogens is 256 g/mol. The van der Waals surface area contributed by atoms with Gasteiger partial charge >= 0.3 is 6.03 Å². The molecule has 2 amide bonds. The molecule has 0 saturated heterocycles. The number of urea groups is 1. The number of rotatable bonds is 4. The number of nitrogens with zero attached hydrogens (tertiary/aromatic N) is 2. The predicted molar refractivity (Wildman–Crippen MR) is 78.2 cm³/mol. The first-order chi connectivity index (χ1) is 9.02. The van der Waals surface area contributed by atoms with Crippen LogP contribution in [0.4, 0.5) is 4.79 Å². The quantitative estimate of drug-likeness (QED) is 0.780. The first kappa shape index (κ1) is 16.5. The zero-order valence-corrected chi connectivity index (χ0v) is 13.2. The second-order valence-electron chi connectivity index (χ2n) is 6.59. The molecule has 0 aliphatic heterocycles. The smallest absolute Gasteiger partial charge is 0.315 e. The van der Waals surface area contributed by atoms with Crippen molar-refractivity contribution in [1.29, 1.82) is 0 Å². The van der Waals surface area contributed by atoms with E-state index in [2.05, 4.69) is 36.5 Å². The third-order valence-electron chi connectivity index (χ3n) is 3.57. The molecule has 6 heteroatoms. The average molecular weight is 282 g/mol. The van der Waals surface area contributed by atoms with Crippen LogP contribution >= 0.6 is 0 Å². The van der Waals surface area contributed by atoms with E-state index < -0.39 is 5.60 Å². The van der Waals surface area contributed by atoms with E-state index in [0.29, 0.717) is 5.56 Å². The molecule has 114 valence electrons. The zero-order valence-electron chi connectivity index (χ0n) is 13.2. The Kier molecular flexibility index (Phi) is 4.81. The first-order valence-corrected chi connectivity index (χ1v) is 6.78. The Balaban J connectivity index is 2.52. The van der Waals surface area contributed by atoms with Crippen molar-refractivity contribution in [1.82, 2.24) is 20.4 Å². The highest BCUT2D eigenvalue weighted by atomic mass is 16.3. The van der Waals surface area contributed by atoms with Crippen molar-refractivity contribution in [2.24, 2.45) is 12.5 Å². The first-order valence-electron chi connectivity index (χ1n) is 6.78. The normalized spacial score (nSPS) is 16.4. The minimum atomic E-state index is -1.14. The molecule has 0 spiro atoms. The van der Waals surface area contributed by atoms with E-state index >= 15 is 0 Å². The van der Waals surface area contributed by atoms with Crippen molar-refractivity contribution < 1.29 is 9.90 Å². The summed E-state index contributed by atoms with van der Waals surface area (Å²) < 4.78 is 1.62. The van der Waals surface area contributed by atoms with Crippen molar-refractivity contribution in [3.05, 3.63) is 18.0 Å². The molecule has 1 aromatic heterocycles. The Morgan fingerprint density at radius 3 is 2.50 bits per heavy atom. The minimum Gasteiger partial charge on any atom is -0.383 e. The summed E-state index contributed by atoms with van der Waals surface area (Å²) in [5.74, 6) is 0. The standard InChI is InChI=1S/C14H26N4O2/c1-10(13(2,3)4)17-12(19)15-9-14(5,20)11-7-16-18(6)8-11/h7-8,10,20H,9H2,1-6H3,(H2,15,17,19). The van der Waals surface area contributed by atoms with Gasteiger partial charge in [-0.3, -0.25) is 4.68 Å². The number of carbonyl (C=O) groups is 1. The second-order valence-corrected chi connectivity index (χ2v) is 6.59. The van der Waals surface area contributed by atoms with E-state index in [9.17, 15) is 9.90 Å². The molecule has 0 fully saturated rings. The van der Waals surface area contributed by atoms with Gasteiger partial charge in [-0.1, -0.05) is 20.8 Å². The molecule has 2 atom stereocenters. The van der Waals surface area contributed by atoms with Gasteiger partial charge in [0, 0.05) is 24.8 Å². The molecule has 0 aliphatic carbocycles. The number of aromatic nitrogens is 2. The van der Waals surface area contributed by atoms with E-state index in [1.165, 1.54) is 0 Å². The average Bonchev–Trinajstić information content (AvgIpc) is 2.73. The van der Waals surface area contributed by atoms with Gasteiger partial charge in [0.2, 0.25) is 0 Å². The van der Waals surface area contributed by atoms with E-state index in [1.54, 1.807) is 31.0 Å². The molecular formula is C14H26N4O2. The molecule has 0 saturated carbocycles. The van der Waals surface area contributed by atoms with Gasteiger partial charge in [0.25, 0.3) is 0 Å². The molecule has 0 aromatic carbocycles. The number of hydrogen-bond donors (Lipinski definition) is 3. The lowest BCUT2D eigenvalue weighted by molar-refractivity contribution is 0.0590. The maximum absolute atomic E-state index is 11.8. The van der Waals surface area contributed by atoms with Crippen LogP contribution in [0.15, 0.2) is 12.4 Å². The van der Waals surface area contributed by atoms with Crippen LogP contribution in [0.5, 0.6) is 0 Å². The fourth-order valence-electron chi connectivity index (χ4n) is 1.52. The van der Waals surface area contributed by atoms with E-state index in [1.807, 2.05) is 6.92 Å². The summed E-state index contributed by atoms with van der Waals surface area (Å²) in [6.45, 7) is 9.91. The van der Waals surface area contributed by atoms with Gasteiger partial charge in [0.05, 0.1) is 12.7 Å². The largest absolute Gasteiger partial charge is 0.383 e. The molecule has 3 N–H and O–H groups in total. The summed E-state index contributed by atoms with van der Waals surface area (Å²) in [4.78, 5) is 11.8. The van der Waals surface area contributed by atoms with E-state index in [-0.39, 0.29) is 24.0 Å². The Labute approximate surface area is 120 Å². The molecule has 1 aromatic rings. The third-order valence-corrected chi connectivity index (χ3v) is 3.57. The van der Waals surface area contributed by atoms with Gasteiger partial charge in [-0.15, -0.1) is 0 Å². The fraction of sp³-hybridized carbons (Fsp3) is 0.714. The Hall–Kier alpha value is -1.56. The van der Waals surface area contributed by atoms with Crippen LogP contribution in [0.1, 0.15) is 40.2 Å². The van der Waals surface area contributed by atoms with Crippen LogP contribution in [0.25, 0.3) is 0 Å². The lowest BCUT2D eigenvalue weighted by Crippen LogP contribution is -2.49. The van der Waals surface area contributed by atoms with Crippen LogP contribution in [-0.2, 0) is 12.6 Å². The highest BCUT2D eigenvalue weighted by molar-refractivity contribution is 5.74. The monoisotopic (exact) mass is 282 g/mol. The minimum absolute atomic E-state index is 0.0107. The zero-order chi connectivity index (χ0) is 15.6. The number of aliphatic hydroxyl groups is 1. The number of nitrogens with one attached hydrogen (secondary N) is 2. The summed E-state index contributed by atoms with van der Waals surface area (Å²) in [5.41, 5.74) is -0.482. The molecule has 1 rings (SSSR count). The summed E-state index contributed by atoms with van der Waals surface area (Å²) >= 11 is 0. The molecule has 0 aliphatic rings. The Morgan fingerprint density at radius 2 is 2.05 bits per heavy atom. The summed E-state index contributed by atoms with van der Waals surface area (Å²) in [5, 5.41) is 19.9. The van der Waals surface area contributed by atoms with Gasteiger partial charge in [0.1, 0.15) is 5.60 Å². The molecule has 6 nitrogen and oxygen atoms in total. The van der Waals surface area contributed by atoms with E-state index in [4.69, 9.17) is 0 Å². The topological polar surface area (TPSA) is 79.2 Å². The number of hydrogen-bond acceptors (Lipinski definition) is 3. The molecule has 0 bridgehead atoms. The summed E-state index contributed by atoms with van der Waals surface area (Å²) in [6, 6.07) is -0.248. The van der Waals surface area contributed by atoms with Crippen LogP contribution in [0.2, 0.25) is 0 Å². The predicted octanol–water partition coefficient (Wildman–Crippen LogP) is 1.36. The Morgan fingerprint density at radius 1 is 1.45 bits per heavy atom. The number of carbonyl (C=O) groups excluding carboxylic acids is 1. The van der Waals surface area contributed by atoms with Crippen molar-refractivity contribution in [3.63, 3.8) is 0 Å². The lowest BCUT2D eigenvalue weighted by Gasteiger charge is -2.29. The van der Waals surface area contributed by atoms with Crippen LogP contribution in [0.3, 0.4) is 0 Å². The highest BCUT2D eigenvalue weighted by Gasteiger charge is 2.26. The van der Waals surface area contributed by atoms with Gasteiger partial charge in [-0.25, -0.2) is 4.79 Å². The van der Waals surface area contributed by atoms with Gasteiger partial charge in [0.15, 0.2) is 0 Å². The van der Waals surface area contributed by atoms with Crippen molar-refractivity contribution in [3.8, 4) is 0 Å². The lowest BCUT2D eigenvalue weighted by atomic mass is 9.88. The molecule has 0 radical (unpaired) electrons. The maximum atomic E-state index is 11.8. The summed E-state index contributed by atoms with van der Waals surface area (Å²) in [6.07, 6.45) is 3.33. The van der Waals surface area contributed by atoms with Crippen LogP contribution in [-0.4, -0.2) is 33.5 Å². The Bertz CT molecular complexity index is 460. The van der Waals surface area contributed by atoms with Crippen molar-refractivity contribution in [2.75, 3.05) is 6.54 Å². The van der Waals surface area contributed by atoms with Gasteiger partial charge in [-0.05, 0) is 19.3 Å². The SMILES string of the molecule is CC(NC(=O)NCC(C)(O)c1cnn(C)c1)C(C)(C)C. The highest BCUT2D eigenvalue weighted by Crippen LogP contribution is 2.19. The van der Waals surface area contributed by atoms with Gasteiger partial charge in [-0.2, -0.15) is 5.10 Å². The molecule has 2 unspecified atom stereocenters. The fourth-order valence-corrected chi connectivity index (χ4v) is 1.52. The molecule has 20 heavy (non-hydrogen) atoms. The van der Waals surface area contributed by atoms with Crippen LogP contribution < -0.4 is 10.6 Å². The summed E-state index contributed by atoms with van der Waals surface area (Å²) in [7, 11) is 1.78. The van der Waals surface area contributed by atoms with E-state index in [0.717, 1.165) is 0 Å². The van der Waals surface area contributed by atoms with Gasteiger partial charge < -0.3 is 15.7 Å². The van der Waals surface area contributed by atoms with Crippen molar-refractivity contribution in [2.45, 2.75) is 46.3 Å². The number of amides is 2. The third kappa shape index (κ3) is 4.52. The maximum Gasteiger partial charge on any atom is 0.315 e. The number of aryl methyl sites for hydroxylation is 1. The van der Waals surface area contributed by atoms with Crippen molar-refractivity contribution >= 4 is 6.03 Å². The molecule has 1 heterocycles. The van der Waals surface area contributed by atoms with Crippen LogP contribution in [0, 0.1) is 5.41 Å².